The zero-order chi connectivity index (χ0) is 21.8. The predicted molar refractivity (Wildman–Crippen MR) is 137 cm³/mol. The molecule has 0 aromatic heterocycles. The van der Waals surface area contributed by atoms with E-state index in [0.717, 1.165) is 23.3 Å². The molecule has 1 heteroatoms. The molecule has 0 saturated heterocycles. The number of hydrogen-bond donors (Lipinski definition) is 0. The van der Waals surface area contributed by atoms with Crippen LogP contribution in [-0.2, 0) is 0 Å². The van der Waals surface area contributed by atoms with Crippen LogP contribution in [0.25, 0.3) is 0 Å². The van der Waals surface area contributed by atoms with E-state index in [4.69, 9.17) is 0 Å². The summed E-state index contributed by atoms with van der Waals surface area (Å²) in [5, 5.41) is 3.32. The van der Waals surface area contributed by atoms with E-state index in [9.17, 15) is 0 Å². The van der Waals surface area contributed by atoms with Crippen molar-refractivity contribution in [3.8, 4) is 0 Å². The second-order valence-corrected chi connectivity index (χ2v) is 15.2. The highest BCUT2D eigenvalue weighted by Gasteiger charge is 2.57. The van der Waals surface area contributed by atoms with Gasteiger partial charge in [-0.05, 0) is 63.3 Å². The third-order valence-electron chi connectivity index (χ3n) is 8.78. The Kier molecular flexibility index (Phi) is 5.37. The lowest BCUT2D eigenvalue weighted by molar-refractivity contribution is 0.247. The maximum absolute atomic E-state index is 2.72. The summed E-state index contributed by atoms with van der Waals surface area (Å²) >= 11 is 0. The van der Waals surface area contributed by atoms with E-state index < -0.39 is 8.07 Å². The van der Waals surface area contributed by atoms with Crippen LogP contribution in [0.1, 0.15) is 47.9 Å². The Bertz CT molecular complexity index is 950. The van der Waals surface area contributed by atoms with E-state index in [1.165, 1.54) is 47.9 Å². The molecule has 5 atom stereocenters. The largest absolute Gasteiger partial charge is 0.119 e. The Morgan fingerprint density at radius 2 is 1.06 bits per heavy atom. The minimum Gasteiger partial charge on any atom is -0.0808 e. The molecular formula is C30H38Si. The number of allylic oxidation sites excluding steroid dienone is 4. The first-order chi connectivity index (χ1) is 14.9. The molecule has 2 aromatic rings. The Morgan fingerprint density at radius 1 is 0.613 bits per heavy atom. The fourth-order valence-electron chi connectivity index (χ4n) is 7.74. The van der Waals surface area contributed by atoms with Gasteiger partial charge in [-0.25, -0.2) is 0 Å². The first-order valence-corrected chi connectivity index (χ1v) is 15.0. The third-order valence-corrected chi connectivity index (χ3v) is 13.9. The highest BCUT2D eigenvalue weighted by Crippen LogP contribution is 2.60. The molecule has 5 unspecified atom stereocenters. The molecule has 2 fully saturated rings. The first kappa shape index (κ1) is 21.0. The van der Waals surface area contributed by atoms with Crippen molar-refractivity contribution in [3.63, 3.8) is 0 Å². The summed E-state index contributed by atoms with van der Waals surface area (Å²) in [5.41, 5.74) is 6.48. The average molecular weight is 427 g/mol. The van der Waals surface area contributed by atoms with E-state index in [1.54, 1.807) is 10.4 Å². The van der Waals surface area contributed by atoms with Crippen LogP contribution in [0.2, 0.25) is 12.1 Å². The molecule has 0 spiro atoms. The zero-order valence-corrected chi connectivity index (χ0v) is 21.0. The summed E-state index contributed by atoms with van der Waals surface area (Å²) in [6.45, 7) is 11.9. The number of aryl methyl sites for hydroxylation is 4. The summed E-state index contributed by atoms with van der Waals surface area (Å²) in [5.74, 6) is 3.21. The summed E-state index contributed by atoms with van der Waals surface area (Å²) < 4.78 is 0. The monoisotopic (exact) mass is 426 g/mol. The molecule has 0 heterocycles. The van der Waals surface area contributed by atoms with Crippen molar-refractivity contribution in [3.05, 3.63) is 83.0 Å². The maximum Gasteiger partial charge on any atom is 0.119 e. The fourth-order valence-corrected chi connectivity index (χ4v) is 13.3. The summed E-state index contributed by atoms with van der Waals surface area (Å²) in [6, 6.07) is 14.9. The minimum atomic E-state index is -2.00. The Balaban J connectivity index is 1.75. The molecule has 0 N–H and O–H groups in total. The van der Waals surface area contributed by atoms with Crippen LogP contribution >= 0.6 is 0 Å². The topological polar surface area (TPSA) is 0 Å². The van der Waals surface area contributed by atoms with Gasteiger partial charge in [0.1, 0.15) is 8.07 Å². The Morgan fingerprint density at radius 3 is 1.58 bits per heavy atom. The second-order valence-electron chi connectivity index (χ2n) is 11.0. The number of hydrogen-bond acceptors (Lipinski definition) is 0. The van der Waals surface area contributed by atoms with Gasteiger partial charge in [0.05, 0.1) is 0 Å². The van der Waals surface area contributed by atoms with Crippen LogP contribution in [0.15, 0.2) is 60.7 Å². The fraction of sp³-hybridized carbons (Fsp3) is 0.467. The van der Waals surface area contributed by atoms with Crippen molar-refractivity contribution in [1.82, 2.24) is 0 Å². The lowest BCUT2D eigenvalue weighted by Crippen LogP contribution is -2.61. The standard InChI is InChI=1S/C30H38Si/c1-20-14-21(2)17-24(16-20)31(5,25-18-22(3)15-23(4)19-25)30-28-12-8-6-10-26(28)27-11-7-9-13-29(27)30/h6,8,10,12,14-19,26-30H,7,9,11,13H2,1-5H3. The molecule has 3 aliphatic rings. The molecule has 3 aliphatic carbocycles. The van der Waals surface area contributed by atoms with Gasteiger partial charge in [0.25, 0.3) is 0 Å². The Hall–Kier alpha value is -1.86. The Labute approximate surface area is 190 Å². The van der Waals surface area contributed by atoms with E-state index in [1.807, 2.05) is 0 Å². The first-order valence-electron chi connectivity index (χ1n) is 12.4. The maximum atomic E-state index is 2.72. The van der Waals surface area contributed by atoms with Crippen LogP contribution in [0, 0.1) is 51.4 Å². The molecular weight excluding hydrogens is 388 g/mol. The molecule has 2 aromatic carbocycles. The SMILES string of the molecule is Cc1cc(C)cc([Si](C)(c2cc(C)cc(C)c2)C2C3C=CC=CC3C3CCCCC32)c1. The smallest absolute Gasteiger partial charge is 0.0808 e. The van der Waals surface area contributed by atoms with Crippen molar-refractivity contribution >= 4 is 18.4 Å². The molecule has 0 nitrogen and oxygen atoms in total. The average Bonchev–Trinajstić information content (AvgIpc) is 3.07. The van der Waals surface area contributed by atoms with Crippen molar-refractivity contribution in [2.24, 2.45) is 23.7 Å². The summed E-state index contributed by atoms with van der Waals surface area (Å²) in [6.07, 6.45) is 15.6. The van der Waals surface area contributed by atoms with Crippen molar-refractivity contribution in [1.29, 1.82) is 0 Å². The van der Waals surface area contributed by atoms with Crippen LogP contribution in [0.4, 0.5) is 0 Å². The molecule has 31 heavy (non-hydrogen) atoms. The molecule has 2 saturated carbocycles. The summed E-state index contributed by atoms with van der Waals surface area (Å²) in [4.78, 5) is 0. The van der Waals surface area contributed by atoms with Gasteiger partial charge >= 0.3 is 0 Å². The lowest BCUT2D eigenvalue weighted by atomic mass is 9.77. The molecule has 0 amide bonds. The van der Waals surface area contributed by atoms with Gasteiger partial charge < -0.3 is 0 Å². The van der Waals surface area contributed by atoms with Gasteiger partial charge in [0, 0.05) is 0 Å². The third kappa shape index (κ3) is 3.50. The van der Waals surface area contributed by atoms with E-state index in [0.29, 0.717) is 5.92 Å². The van der Waals surface area contributed by atoms with Crippen molar-refractivity contribution in [2.45, 2.75) is 65.5 Å². The lowest BCUT2D eigenvalue weighted by Gasteiger charge is -2.43. The van der Waals surface area contributed by atoms with Crippen molar-refractivity contribution < 1.29 is 0 Å². The van der Waals surface area contributed by atoms with Gasteiger partial charge in [-0.2, -0.15) is 0 Å². The molecule has 0 bridgehead atoms. The van der Waals surface area contributed by atoms with E-state index in [2.05, 4.69) is 94.9 Å². The molecule has 0 aliphatic heterocycles. The van der Waals surface area contributed by atoms with E-state index >= 15 is 0 Å². The molecule has 5 rings (SSSR count). The van der Waals surface area contributed by atoms with Crippen LogP contribution in [0.5, 0.6) is 0 Å². The summed E-state index contributed by atoms with van der Waals surface area (Å²) in [7, 11) is -2.00. The van der Waals surface area contributed by atoms with Crippen LogP contribution in [0.3, 0.4) is 0 Å². The predicted octanol–water partition coefficient (Wildman–Crippen LogP) is 6.66. The number of fused-ring (bicyclic) bond motifs is 3. The highest BCUT2D eigenvalue weighted by molar-refractivity contribution is 7.02. The zero-order valence-electron chi connectivity index (χ0n) is 20.0. The van der Waals surface area contributed by atoms with Crippen LogP contribution < -0.4 is 10.4 Å². The van der Waals surface area contributed by atoms with Gasteiger partial charge in [-0.1, -0.05) is 119 Å². The number of rotatable bonds is 3. The quantitative estimate of drug-likeness (QED) is 0.481. The molecule has 0 radical (unpaired) electrons. The normalized spacial score (nSPS) is 29.6. The van der Waals surface area contributed by atoms with Crippen molar-refractivity contribution in [2.75, 3.05) is 0 Å². The van der Waals surface area contributed by atoms with Gasteiger partial charge in [0.2, 0.25) is 0 Å². The van der Waals surface area contributed by atoms with Crippen LogP contribution in [-0.4, -0.2) is 8.07 Å². The van der Waals surface area contributed by atoms with E-state index in [-0.39, 0.29) is 0 Å². The second kappa shape index (κ2) is 7.92. The van der Waals surface area contributed by atoms with Gasteiger partial charge in [-0.3, -0.25) is 0 Å². The molecule has 162 valence electrons. The number of benzene rings is 2. The van der Waals surface area contributed by atoms with Gasteiger partial charge in [-0.15, -0.1) is 0 Å². The highest BCUT2D eigenvalue weighted by atomic mass is 28.3. The van der Waals surface area contributed by atoms with Gasteiger partial charge in [0.15, 0.2) is 0 Å². The minimum absolute atomic E-state index is 0.705.